The maximum atomic E-state index is 12.9. The molecule has 0 amide bonds. The molecule has 0 N–H and O–H groups in total. The predicted octanol–water partition coefficient (Wildman–Crippen LogP) is 3.35. The Bertz CT molecular complexity index is 726. The zero-order valence-electron chi connectivity index (χ0n) is 8.81. The maximum absolute atomic E-state index is 12.9. The van der Waals surface area contributed by atoms with Crippen molar-refractivity contribution in [3.05, 3.63) is 46.0 Å². The molecule has 0 fully saturated rings. The summed E-state index contributed by atoms with van der Waals surface area (Å²) in [6, 6.07) is 6.03. The summed E-state index contributed by atoms with van der Waals surface area (Å²) >= 11 is 9.40. The first-order valence-corrected chi connectivity index (χ1v) is 6.15. The molecule has 7 heteroatoms. The molecule has 0 saturated carbocycles. The highest BCUT2D eigenvalue weighted by Crippen LogP contribution is 2.32. The van der Waals surface area contributed by atoms with Gasteiger partial charge >= 0.3 is 0 Å². The summed E-state index contributed by atoms with van der Waals surface area (Å²) in [7, 11) is 0. The molecule has 4 nitrogen and oxygen atoms in total. The summed E-state index contributed by atoms with van der Waals surface area (Å²) < 4.78 is 15.0. The molecule has 0 bridgehead atoms. The number of fused-ring (bicyclic) bond motifs is 1. The average Bonchev–Trinajstić information content (AvgIpc) is 2.69. The molecular formula is C11H5BrClFN4. The van der Waals surface area contributed by atoms with Gasteiger partial charge in [-0.1, -0.05) is 11.6 Å². The van der Waals surface area contributed by atoms with Crippen LogP contribution in [0.4, 0.5) is 4.39 Å². The van der Waals surface area contributed by atoms with Crippen molar-refractivity contribution in [3.63, 3.8) is 0 Å². The lowest BCUT2D eigenvalue weighted by Gasteiger charge is -1.96. The van der Waals surface area contributed by atoms with Gasteiger partial charge in [-0.3, -0.25) is 0 Å². The Morgan fingerprint density at radius 1 is 1.22 bits per heavy atom. The highest BCUT2D eigenvalue weighted by atomic mass is 79.9. The highest BCUT2D eigenvalue weighted by molar-refractivity contribution is 9.10. The lowest BCUT2D eigenvalue weighted by atomic mass is 10.1. The fourth-order valence-electron chi connectivity index (χ4n) is 1.62. The molecular weight excluding hydrogens is 323 g/mol. The van der Waals surface area contributed by atoms with E-state index in [9.17, 15) is 4.39 Å². The molecule has 2 heterocycles. The molecule has 18 heavy (non-hydrogen) atoms. The summed E-state index contributed by atoms with van der Waals surface area (Å²) in [5.41, 5.74) is 1.99. The van der Waals surface area contributed by atoms with E-state index in [0.717, 1.165) is 5.56 Å². The van der Waals surface area contributed by atoms with Crippen LogP contribution < -0.4 is 0 Å². The first-order valence-electron chi connectivity index (χ1n) is 4.98. The van der Waals surface area contributed by atoms with Crippen molar-refractivity contribution in [1.82, 2.24) is 19.8 Å². The van der Waals surface area contributed by atoms with Gasteiger partial charge in [-0.2, -0.15) is 0 Å². The second kappa shape index (κ2) is 4.29. The fraction of sp³-hybridized carbons (Fsp3) is 0. The Balaban J connectivity index is 2.27. The average molecular weight is 328 g/mol. The fourth-order valence-corrected chi connectivity index (χ4v) is 2.61. The zero-order chi connectivity index (χ0) is 12.7. The van der Waals surface area contributed by atoms with Gasteiger partial charge in [-0.15, -0.1) is 14.8 Å². The van der Waals surface area contributed by atoms with Crippen LogP contribution in [0, 0.1) is 5.82 Å². The Morgan fingerprint density at radius 3 is 2.61 bits per heavy atom. The normalized spacial score (nSPS) is 11.1. The quantitative estimate of drug-likeness (QED) is 0.688. The van der Waals surface area contributed by atoms with Crippen molar-refractivity contribution in [2.24, 2.45) is 0 Å². The molecule has 0 spiro atoms. The third-order valence-corrected chi connectivity index (χ3v) is 3.48. The summed E-state index contributed by atoms with van der Waals surface area (Å²) in [4.78, 5) is 3.89. The minimum Gasteiger partial charge on any atom is -0.220 e. The van der Waals surface area contributed by atoms with E-state index in [0.29, 0.717) is 20.8 Å². The number of benzene rings is 1. The van der Waals surface area contributed by atoms with Crippen molar-refractivity contribution in [3.8, 4) is 11.3 Å². The van der Waals surface area contributed by atoms with Gasteiger partial charge in [-0.05, 0) is 40.2 Å². The van der Waals surface area contributed by atoms with Gasteiger partial charge in [0.05, 0.1) is 4.47 Å². The van der Waals surface area contributed by atoms with Crippen molar-refractivity contribution >= 4 is 33.0 Å². The van der Waals surface area contributed by atoms with Crippen molar-refractivity contribution in [2.75, 3.05) is 0 Å². The SMILES string of the molecule is Fc1ccc(-c2nn3ncnc(Cl)c3c2Br)cc1. The van der Waals surface area contributed by atoms with Crippen LogP contribution >= 0.6 is 27.5 Å². The number of hydrogen-bond donors (Lipinski definition) is 0. The van der Waals surface area contributed by atoms with Crippen LogP contribution in [-0.4, -0.2) is 19.8 Å². The first kappa shape index (κ1) is 11.6. The van der Waals surface area contributed by atoms with Crippen LogP contribution in [0.25, 0.3) is 16.8 Å². The van der Waals surface area contributed by atoms with E-state index < -0.39 is 0 Å². The third-order valence-electron chi connectivity index (χ3n) is 2.46. The topological polar surface area (TPSA) is 43.1 Å². The number of rotatable bonds is 1. The predicted molar refractivity (Wildman–Crippen MR) is 68.9 cm³/mol. The van der Waals surface area contributed by atoms with E-state index in [1.807, 2.05) is 0 Å². The van der Waals surface area contributed by atoms with Gasteiger partial charge < -0.3 is 0 Å². The lowest BCUT2D eigenvalue weighted by molar-refractivity contribution is 0.628. The third kappa shape index (κ3) is 1.77. The van der Waals surface area contributed by atoms with Gasteiger partial charge in [-0.25, -0.2) is 9.37 Å². The lowest BCUT2D eigenvalue weighted by Crippen LogP contribution is -1.94. The van der Waals surface area contributed by atoms with E-state index in [1.165, 1.54) is 23.1 Å². The van der Waals surface area contributed by atoms with E-state index in [2.05, 4.69) is 31.1 Å². The van der Waals surface area contributed by atoms with Crippen LogP contribution in [0.5, 0.6) is 0 Å². The van der Waals surface area contributed by atoms with Crippen LogP contribution in [0.1, 0.15) is 0 Å². The van der Waals surface area contributed by atoms with E-state index in [-0.39, 0.29) is 5.82 Å². The highest BCUT2D eigenvalue weighted by Gasteiger charge is 2.16. The second-order valence-electron chi connectivity index (χ2n) is 3.56. The molecule has 90 valence electrons. The van der Waals surface area contributed by atoms with Gasteiger partial charge in [0.25, 0.3) is 0 Å². The molecule has 1 aromatic carbocycles. The van der Waals surface area contributed by atoms with Crippen molar-refractivity contribution in [1.29, 1.82) is 0 Å². The molecule has 3 rings (SSSR count). The van der Waals surface area contributed by atoms with Crippen LogP contribution in [-0.2, 0) is 0 Å². The largest absolute Gasteiger partial charge is 0.220 e. The number of hydrogen-bond acceptors (Lipinski definition) is 3. The van der Waals surface area contributed by atoms with Gasteiger partial charge in [0.1, 0.15) is 23.4 Å². The van der Waals surface area contributed by atoms with E-state index in [4.69, 9.17) is 11.6 Å². The summed E-state index contributed by atoms with van der Waals surface area (Å²) in [5.74, 6) is -0.295. The monoisotopic (exact) mass is 326 g/mol. The Kier molecular flexibility index (Phi) is 2.76. The smallest absolute Gasteiger partial charge is 0.159 e. The maximum Gasteiger partial charge on any atom is 0.159 e. The Morgan fingerprint density at radius 2 is 1.94 bits per heavy atom. The first-order chi connectivity index (χ1) is 8.66. The molecule has 2 aromatic heterocycles. The molecule has 0 radical (unpaired) electrons. The van der Waals surface area contributed by atoms with E-state index >= 15 is 0 Å². The Labute approximate surface area is 115 Å². The molecule has 3 aromatic rings. The molecule has 0 aliphatic carbocycles. The molecule has 0 saturated heterocycles. The summed E-state index contributed by atoms with van der Waals surface area (Å²) in [5, 5.41) is 8.56. The number of aromatic nitrogens is 4. The van der Waals surface area contributed by atoms with E-state index in [1.54, 1.807) is 12.1 Å². The standard InChI is InChI=1S/C11H5BrClFN4/c12-8-9(6-1-3-7(14)4-2-6)17-18-10(8)11(13)15-5-16-18/h1-5H. The number of halogens is 3. The van der Waals surface area contributed by atoms with Gasteiger partial charge in [0.2, 0.25) is 0 Å². The minimum absolute atomic E-state index is 0.295. The summed E-state index contributed by atoms with van der Waals surface area (Å²) in [6.07, 6.45) is 1.32. The number of nitrogens with zero attached hydrogens (tertiary/aromatic N) is 4. The zero-order valence-corrected chi connectivity index (χ0v) is 11.2. The van der Waals surface area contributed by atoms with Crippen molar-refractivity contribution in [2.45, 2.75) is 0 Å². The second-order valence-corrected chi connectivity index (χ2v) is 4.71. The van der Waals surface area contributed by atoms with Crippen molar-refractivity contribution < 1.29 is 4.39 Å². The molecule has 0 atom stereocenters. The van der Waals surface area contributed by atoms with Gasteiger partial charge in [0, 0.05) is 5.56 Å². The molecule has 0 unspecified atom stereocenters. The Hall–Kier alpha value is -1.53. The van der Waals surface area contributed by atoms with Crippen LogP contribution in [0.2, 0.25) is 5.15 Å². The van der Waals surface area contributed by atoms with Crippen LogP contribution in [0.15, 0.2) is 35.1 Å². The summed E-state index contributed by atoms with van der Waals surface area (Å²) in [6.45, 7) is 0. The minimum atomic E-state index is -0.295. The molecule has 0 aliphatic heterocycles. The van der Waals surface area contributed by atoms with Crippen LogP contribution in [0.3, 0.4) is 0 Å². The molecule has 0 aliphatic rings. The van der Waals surface area contributed by atoms with Gasteiger partial charge in [0.15, 0.2) is 5.15 Å².